The van der Waals surface area contributed by atoms with E-state index in [-0.39, 0.29) is 6.10 Å². The molecule has 0 saturated heterocycles. The first-order valence-corrected chi connectivity index (χ1v) is 11.6. The maximum Gasteiger partial charge on any atom is 0.257 e. The lowest BCUT2D eigenvalue weighted by Crippen LogP contribution is -2.25. The molecule has 3 atom stereocenters. The van der Waals surface area contributed by atoms with E-state index < -0.39 is 6.57 Å². The molecule has 1 aliphatic carbocycles. The van der Waals surface area contributed by atoms with Crippen LogP contribution in [0.2, 0.25) is 0 Å². The van der Waals surface area contributed by atoms with E-state index in [4.69, 9.17) is 4.52 Å². The highest BCUT2D eigenvalue weighted by Crippen LogP contribution is 2.60. The Balaban J connectivity index is 2.39. The molecule has 20 heavy (non-hydrogen) atoms. The Morgan fingerprint density at radius 2 is 1.95 bits per heavy atom. The van der Waals surface area contributed by atoms with E-state index in [1.54, 1.807) is 11.4 Å². The van der Waals surface area contributed by atoms with Crippen molar-refractivity contribution in [2.45, 2.75) is 59.5 Å². The fraction of sp³-hybridized carbons (Fsp3) is 1.00. The minimum atomic E-state index is -2.48. The highest BCUT2D eigenvalue weighted by molar-refractivity contribution is 8.56. The Hall–Kier alpha value is 0.500. The maximum absolute atomic E-state index is 12.8. The van der Waals surface area contributed by atoms with Crippen LogP contribution in [0.25, 0.3) is 0 Å². The summed E-state index contributed by atoms with van der Waals surface area (Å²) in [6.07, 6.45) is 5.57. The Kier molecular flexibility index (Phi) is 8.81. The van der Waals surface area contributed by atoms with Crippen molar-refractivity contribution in [1.29, 1.82) is 0 Å². The van der Waals surface area contributed by atoms with Gasteiger partial charge in [0, 0.05) is 18.5 Å². The quantitative estimate of drug-likeness (QED) is 0.567. The molecule has 1 fully saturated rings. The molecule has 0 spiro atoms. The average Bonchev–Trinajstić information content (AvgIpc) is 2.44. The Labute approximate surface area is 129 Å². The molecule has 3 unspecified atom stereocenters. The molecule has 0 aromatic carbocycles. The fourth-order valence-electron chi connectivity index (χ4n) is 2.75. The SMILES string of the molecule is CCN(CC)CCSP(=O)(CC)OC1CCCC(C)C1. The summed E-state index contributed by atoms with van der Waals surface area (Å²) >= 11 is 1.57. The van der Waals surface area contributed by atoms with Crippen molar-refractivity contribution in [3.05, 3.63) is 0 Å². The third kappa shape index (κ3) is 6.51. The fourth-order valence-corrected chi connectivity index (χ4v) is 6.58. The van der Waals surface area contributed by atoms with Gasteiger partial charge in [-0.2, -0.15) is 0 Å². The highest BCUT2D eigenvalue weighted by Gasteiger charge is 2.29. The summed E-state index contributed by atoms with van der Waals surface area (Å²) in [6.45, 7) is 9.27. The van der Waals surface area contributed by atoms with Crippen molar-refractivity contribution < 1.29 is 9.09 Å². The van der Waals surface area contributed by atoms with Gasteiger partial charge in [0.2, 0.25) is 0 Å². The second-order valence-electron chi connectivity index (χ2n) is 5.79. The Morgan fingerprint density at radius 1 is 1.25 bits per heavy atom. The molecule has 5 heteroatoms. The third-order valence-electron chi connectivity index (χ3n) is 4.18. The van der Waals surface area contributed by atoms with E-state index in [1.165, 1.54) is 12.8 Å². The molecule has 0 bridgehead atoms. The summed E-state index contributed by atoms with van der Waals surface area (Å²) < 4.78 is 18.9. The monoisotopic (exact) mass is 321 g/mol. The van der Waals surface area contributed by atoms with Crippen molar-refractivity contribution in [2.24, 2.45) is 5.92 Å². The van der Waals surface area contributed by atoms with Crippen LogP contribution in [0.5, 0.6) is 0 Å². The molecule has 0 heterocycles. The Morgan fingerprint density at radius 3 is 2.50 bits per heavy atom. The first-order valence-electron chi connectivity index (χ1n) is 8.17. The van der Waals surface area contributed by atoms with Crippen LogP contribution < -0.4 is 0 Å². The molecule has 120 valence electrons. The van der Waals surface area contributed by atoms with Crippen molar-refractivity contribution in [3.8, 4) is 0 Å². The summed E-state index contributed by atoms with van der Waals surface area (Å²) in [4.78, 5) is 2.37. The van der Waals surface area contributed by atoms with E-state index in [1.807, 2.05) is 6.92 Å². The van der Waals surface area contributed by atoms with E-state index in [2.05, 4.69) is 25.7 Å². The van der Waals surface area contributed by atoms with Crippen molar-refractivity contribution in [1.82, 2.24) is 4.90 Å². The normalized spacial score (nSPS) is 26.6. The average molecular weight is 321 g/mol. The summed E-state index contributed by atoms with van der Waals surface area (Å²) in [5.74, 6) is 1.63. The van der Waals surface area contributed by atoms with Gasteiger partial charge in [0.25, 0.3) is 6.57 Å². The summed E-state index contributed by atoms with van der Waals surface area (Å²) in [7, 11) is 0. The number of hydrogen-bond acceptors (Lipinski definition) is 4. The van der Waals surface area contributed by atoms with Crippen LogP contribution in [0, 0.1) is 5.92 Å². The molecule has 0 radical (unpaired) electrons. The maximum atomic E-state index is 12.8. The van der Waals surface area contributed by atoms with Crippen LogP contribution in [-0.4, -0.2) is 42.6 Å². The van der Waals surface area contributed by atoms with Crippen LogP contribution in [0.4, 0.5) is 0 Å². The van der Waals surface area contributed by atoms with Gasteiger partial charge in [-0.15, -0.1) is 0 Å². The van der Waals surface area contributed by atoms with Crippen LogP contribution in [0.15, 0.2) is 0 Å². The van der Waals surface area contributed by atoms with Gasteiger partial charge < -0.3 is 9.42 Å². The lowest BCUT2D eigenvalue weighted by molar-refractivity contribution is 0.137. The molecule has 1 rings (SSSR count). The standard InChI is InChI=1S/C15H32NO2PS/c1-5-16(6-2)11-12-20-19(17,7-3)18-15-10-8-9-14(4)13-15/h14-15H,5-13H2,1-4H3. The molecule has 1 saturated carbocycles. The van der Waals surface area contributed by atoms with Gasteiger partial charge in [0.05, 0.1) is 6.10 Å². The largest absolute Gasteiger partial charge is 0.318 e. The van der Waals surface area contributed by atoms with Gasteiger partial charge in [0.15, 0.2) is 0 Å². The highest BCUT2D eigenvalue weighted by atomic mass is 32.7. The minimum Gasteiger partial charge on any atom is -0.318 e. The second kappa shape index (κ2) is 9.50. The molecule has 0 aromatic rings. The van der Waals surface area contributed by atoms with Gasteiger partial charge in [-0.25, -0.2) is 0 Å². The van der Waals surface area contributed by atoms with E-state index in [9.17, 15) is 4.57 Å². The van der Waals surface area contributed by atoms with Gasteiger partial charge in [0.1, 0.15) is 0 Å². The van der Waals surface area contributed by atoms with Crippen molar-refractivity contribution in [3.63, 3.8) is 0 Å². The first-order chi connectivity index (χ1) is 9.53. The van der Waals surface area contributed by atoms with Gasteiger partial charge in [-0.1, -0.05) is 51.9 Å². The molecule has 3 nitrogen and oxygen atoms in total. The zero-order valence-corrected chi connectivity index (χ0v) is 15.3. The van der Waals surface area contributed by atoms with Crippen LogP contribution >= 0.6 is 18.0 Å². The second-order valence-corrected chi connectivity index (χ2v) is 11.0. The van der Waals surface area contributed by atoms with E-state index in [0.717, 1.165) is 44.1 Å². The zero-order valence-electron chi connectivity index (χ0n) is 13.6. The molecular weight excluding hydrogens is 289 g/mol. The predicted molar refractivity (Wildman–Crippen MR) is 90.9 cm³/mol. The Bertz CT molecular complexity index is 310. The lowest BCUT2D eigenvalue weighted by Gasteiger charge is -2.30. The number of nitrogens with zero attached hydrogens (tertiary/aromatic N) is 1. The van der Waals surface area contributed by atoms with Gasteiger partial charge >= 0.3 is 0 Å². The number of hydrogen-bond donors (Lipinski definition) is 0. The summed E-state index contributed by atoms with van der Waals surface area (Å²) in [6, 6.07) is 0. The predicted octanol–water partition coefficient (Wildman–Crippen LogP) is 4.87. The molecule has 0 amide bonds. The smallest absolute Gasteiger partial charge is 0.257 e. The molecule has 1 aliphatic rings. The zero-order chi connectivity index (χ0) is 15.0. The molecular formula is C15H32NO2PS. The van der Waals surface area contributed by atoms with Gasteiger partial charge in [-0.05, 0) is 31.8 Å². The molecule has 0 aliphatic heterocycles. The third-order valence-corrected chi connectivity index (χ3v) is 9.09. The minimum absolute atomic E-state index is 0.227. The molecule has 0 N–H and O–H groups in total. The van der Waals surface area contributed by atoms with Crippen LogP contribution in [-0.2, 0) is 9.09 Å². The van der Waals surface area contributed by atoms with E-state index in [0.29, 0.717) is 6.16 Å². The van der Waals surface area contributed by atoms with Crippen LogP contribution in [0.3, 0.4) is 0 Å². The van der Waals surface area contributed by atoms with Gasteiger partial charge in [-0.3, -0.25) is 4.57 Å². The summed E-state index contributed by atoms with van der Waals surface area (Å²) in [5, 5.41) is 0. The summed E-state index contributed by atoms with van der Waals surface area (Å²) in [5.41, 5.74) is 0. The number of rotatable bonds is 9. The molecule has 0 aromatic heterocycles. The van der Waals surface area contributed by atoms with Crippen molar-refractivity contribution >= 4 is 18.0 Å². The lowest BCUT2D eigenvalue weighted by atomic mass is 9.89. The van der Waals surface area contributed by atoms with Crippen molar-refractivity contribution in [2.75, 3.05) is 31.5 Å². The van der Waals surface area contributed by atoms with Crippen LogP contribution in [0.1, 0.15) is 53.4 Å². The first kappa shape index (κ1) is 18.5. The van der Waals surface area contributed by atoms with E-state index >= 15 is 0 Å². The topological polar surface area (TPSA) is 29.5 Å².